The fraction of sp³-hybridized carbons (Fsp3) is 0. The molecule has 3 heterocycles. The molecule has 0 saturated carbocycles. The average Bonchev–Trinajstić information content (AvgIpc) is 3.53. The van der Waals surface area contributed by atoms with E-state index < -0.39 is 0 Å². The van der Waals surface area contributed by atoms with E-state index in [1.54, 1.807) is 11.3 Å². The molecule has 0 aliphatic carbocycles. The van der Waals surface area contributed by atoms with E-state index in [0.29, 0.717) is 0 Å². The highest BCUT2D eigenvalue weighted by Gasteiger charge is 2.19. The van der Waals surface area contributed by atoms with Crippen molar-refractivity contribution in [3.05, 3.63) is 127 Å². The zero-order chi connectivity index (χ0) is 25.1. The maximum Gasteiger partial charge on any atom is 0.161 e. The maximum atomic E-state index is 5.21. The van der Waals surface area contributed by atoms with E-state index in [1.807, 2.05) is 18.2 Å². The number of nitrogens with zero attached hydrogens (tertiary/aromatic N) is 3. The van der Waals surface area contributed by atoms with E-state index in [1.165, 1.54) is 31.9 Å². The largest absolute Gasteiger partial charge is 0.309 e. The lowest BCUT2D eigenvalue weighted by molar-refractivity contribution is 1.18. The third-order valence-corrected chi connectivity index (χ3v) is 8.30. The molecule has 3 nitrogen and oxygen atoms in total. The van der Waals surface area contributed by atoms with Crippen molar-refractivity contribution < 1.29 is 0 Å². The predicted octanol–water partition coefficient (Wildman–Crippen LogP) is 9.28. The molecule has 0 aliphatic rings. The van der Waals surface area contributed by atoms with Crippen LogP contribution >= 0.6 is 11.3 Å². The number of benzene rings is 5. The van der Waals surface area contributed by atoms with Gasteiger partial charge < -0.3 is 4.57 Å². The Morgan fingerprint density at radius 2 is 1.21 bits per heavy atom. The Balaban J connectivity index is 1.47. The van der Waals surface area contributed by atoms with E-state index in [0.717, 1.165) is 38.5 Å². The smallest absolute Gasteiger partial charge is 0.161 e. The van der Waals surface area contributed by atoms with Crippen LogP contribution in [0.3, 0.4) is 0 Å². The van der Waals surface area contributed by atoms with Crippen molar-refractivity contribution >= 4 is 53.4 Å². The summed E-state index contributed by atoms with van der Waals surface area (Å²) in [6, 6.07) is 44.8. The van der Waals surface area contributed by atoms with Crippen LogP contribution in [0.15, 0.2) is 127 Å². The first-order valence-electron chi connectivity index (χ1n) is 12.7. The second-order valence-corrected chi connectivity index (χ2v) is 10.5. The number of hydrogen-bond donors (Lipinski definition) is 0. The lowest BCUT2D eigenvalue weighted by Gasteiger charge is -2.10. The molecule has 3 aromatic heterocycles. The van der Waals surface area contributed by atoms with Gasteiger partial charge in [0.25, 0.3) is 0 Å². The first-order chi connectivity index (χ1) is 18.8. The first-order valence-corrected chi connectivity index (χ1v) is 13.5. The van der Waals surface area contributed by atoms with Gasteiger partial charge in [-0.05, 0) is 30.3 Å². The molecule has 0 fully saturated rings. The Kier molecular flexibility index (Phi) is 4.69. The Morgan fingerprint density at radius 3 is 2.05 bits per heavy atom. The zero-order valence-corrected chi connectivity index (χ0v) is 21.2. The molecule has 4 heteroatoms. The molecular weight excluding hydrogens is 482 g/mol. The minimum absolute atomic E-state index is 0.753. The average molecular weight is 504 g/mol. The van der Waals surface area contributed by atoms with Crippen molar-refractivity contribution in [2.75, 3.05) is 0 Å². The van der Waals surface area contributed by atoms with Crippen molar-refractivity contribution in [1.29, 1.82) is 0 Å². The maximum absolute atomic E-state index is 5.21. The Labute approximate surface area is 223 Å². The summed E-state index contributed by atoms with van der Waals surface area (Å²) in [6.45, 7) is 0. The number of thiophene rings is 1. The Bertz CT molecular complexity index is 2120. The topological polar surface area (TPSA) is 30.7 Å². The molecule has 0 atom stereocenters. The van der Waals surface area contributed by atoms with Crippen molar-refractivity contribution in [3.63, 3.8) is 0 Å². The van der Waals surface area contributed by atoms with Crippen LogP contribution in [0.2, 0.25) is 0 Å². The third-order valence-electron chi connectivity index (χ3n) is 7.23. The van der Waals surface area contributed by atoms with Gasteiger partial charge in [0.15, 0.2) is 5.82 Å². The van der Waals surface area contributed by atoms with Gasteiger partial charge in [-0.25, -0.2) is 9.97 Å². The Morgan fingerprint density at radius 1 is 0.526 bits per heavy atom. The molecule has 0 amide bonds. The van der Waals surface area contributed by atoms with E-state index >= 15 is 0 Å². The highest BCUT2D eigenvalue weighted by molar-refractivity contribution is 7.25. The molecule has 0 radical (unpaired) electrons. The van der Waals surface area contributed by atoms with Crippen LogP contribution in [0.5, 0.6) is 0 Å². The molecule has 8 rings (SSSR count). The van der Waals surface area contributed by atoms with Gasteiger partial charge in [0.05, 0.1) is 16.7 Å². The quantitative estimate of drug-likeness (QED) is 0.240. The fourth-order valence-electron chi connectivity index (χ4n) is 5.52. The van der Waals surface area contributed by atoms with E-state index in [4.69, 9.17) is 9.97 Å². The summed E-state index contributed by atoms with van der Waals surface area (Å²) in [4.78, 5) is 11.3. The molecule has 8 aromatic rings. The summed E-state index contributed by atoms with van der Waals surface area (Å²) in [5.74, 6) is 0.753. The van der Waals surface area contributed by atoms with Gasteiger partial charge in [-0.15, -0.1) is 11.3 Å². The molecule has 0 aliphatic heterocycles. The SMILES string of the molecule is c1ccc(-c2nc(-c3ccc4c5ccccc5n(-c5ccccc5)c4c3)c3c(n2)sc2ccccc23)cc1. The van der Waals surface area contributed by atoms with Gasteiger partial charge >= 0.3 is 0 Å². The van der Waals surface area contributed by atoms with Crippen LogP contribution in [0.25, 0.3) is 70.4 Å². The van der Waals surface area contributed by atoms with Gasteiger partial charge in [0.1, 0.15) is 4.83 Å². The summed E-state index contributed by atoms with van der Waals surface area (Å²) in [5, 5.41) is 4.80. The van der Waals surface area contributed by atoms with Gasteiger partial charge in [0.2, 0.25) is 0 Å². The van der Waals surface area contributed by atoms with Crippen LogP contribution in [0, 0.1) is 0 Å². The number of aromatic nitrogens is 3. The lowest BCUT2D eigenvalue weighted by Crippen LogP contribution is -1.95. The highest BCUT2D eigenvalue weighted by atomic mass is 32.1. The Hall–Kier alpha value is -4.80. The summed E-state index contributed by atoms with van der Waals surface area (Å²) >= 11 is 1.73. The molecule has 0 N–H and O–H groups in total. The first kappa shape index (κ1) is 21.3. The minimum Gasteiger partial charge on any atom is -0.309 e. The highest BCUT2D eigenvalue weighted by Crippen LogP contribution is 2.41. The molecule has 5 aromatic carbocycles. The number of para-hydroxylation sites is 2. The number of fused-ring (bicyclic) bond motifs is 6. The van der Waals surface area contributed by atoms with Gasteiger partial charge in [-0.2, -0.15) is 0 Å². The predicted molar refractivity (Wildman–Crippen MR) is 160 cm³/mol. The molecule has 0 spiro atoms. The zero-order valence-electron chi connectivity index (χ0n) is 20.4. The van der Waals surface area contributed by atoms with Crippen molar-refractivity contribution in [2.45, 2.75) is 0 Å². The van der Waals surface area contributed by atoms with Crippen LogP contribution in [-0.4, -0.2) is 14.5 Å². The van der Waals surface area contributed by atoms with E-state index in [2.05, 4.69) is 114 Å². The normalized spacial score (nSPS) is 11.7. The molecular formula is C34H21N3S. The molecule has 178 valence electrons. The minimum atomic E-state index is 0.753. The second kappa shape index (κ2) is 8.37. The van der Waals surface area contributed by atoms with Crippen LogP contribution in [0.1, 0.15) is 0 Å². The van der Waals surface area contributed by atoms with Crippen molar-refractivity contribution in [2.24, 2.45) is 0 Å². The van der Waals surface area contributed by atoms with Gasteiger partial charge in [0, 0.05) is 43.1 Å². The monoisotopic (exact) mass is 503 g/mol. The molecule has 0 saturated heterocycles. The van der Waals surface area contributed by atoms with Gasteiger partial charge in [-0.1, -0.05) is 97.1 Å². The van der Waals surface area contributed by atoms with E-state index in [-0.39, 0.29) is 0 Å². The number of hydrogen-bond acceptors (Lipinski definition) is 3. The van der Waals surface area contributed by atoms with Crippen molar-refractivity contribution in [1.82, 2.24) is 14.5 Å². The van der Waals surface area contributed by atoms with Crippen LogP contribution in [-0.2, 0) is 0 Å². The van der Waals surface area contributed by atoms with Crippen molar-refractivity contribution in [3.8, 4) is 28.3 Å². The fourth-order valence-corrected chi connectivity index (χ4v) is 6.60. The van der Waals surface area contributed by atoms with Crippen LogP contribution in [0.4, 0.5) is 0 Å². The summed E-state index contributed by atoms with van der Waals surface area (Å²) < 4.78 is 3.58. The lowest BCUT2D eigenvalue weighted by atomic mass is 10.0. The van der Waals surface area contributed by atoms with Gasteiger partial charge in [-0.3, -0.25) is 0 Å². The van der Waals surface area contributed by atoms with E-state index in [9.17, 15) is 0 Å². The molecule has 38 heavy (non-hydrogen) atoms. The number of rotatable bonds is 3. The third kappa shape index (κ3) is 3.21. The molecule has 0 bridgehead atoms. The summed E-state index contributed by atoms with van der Waals surface area (Å²) in [5.41, 5.74) is 6.60. The molecule has 0 unspecified atom stereocenters. The summed E-state index contributed by atoms with van der Waals surface area (Å²) in [6.07, 6.45) is 0. The van der Waals surface area contributed by atoms with Crippen LogP contribution < -0.4 is 0 Å². The summed E-state index contributed by atoms with van der Waals surface area (Å²) in [7, 11) is 0. The standard InChI is InChI=1S/C34H21N3S/c1-3-11-22(12-4-1)33-35-32(31-27-16-8-10-18-30(27)38-34(31)36-33)23-19-20-26-25-15-7-9-17-28(25)37(29(26)21-23)24-13-5-2-6-14-24/h1-21H. The second-order valence-electron chi connectivity index (χ2n) is 9.46.